The summed E-state index contributed by atoms with van der Waals surface area (Å²) in [7, 11) is -2.21. The number of amides is 1. The van der Waals surface area contributed by atoms with Gasteiger partial charge in [-0.3, -0.25) is 9.10 Å². The van der Waals surface area contributed by atoms with Crippen molar-refractivity contribution in [2.75, 3.05) is 24.2 Å². The fourth-order valence-corrected chi connectivity index (χ4v) is 4.83. The second-order valence-electron chi connectivity index (χ2n) is 7.61. The lowest BCUT2D eigenvalue weighted by atomic mass is 9.89. The van der Waals surface area contributed by atoms with E-state index in [1.165, 1.54) is 37.1 Å². The molecule has 8 heteroatoms. The van der Waals surface area contributed by atoms with Crippen LogP contribution >= 0.6 is 11.6 Å². The van der Waals surface area contributed by atoms with E-state index < -0.39 is 15.9 Å². The molecule has 0 spiro atoms. The van der Waals surface area contributed by atoms with Crippen LogP contribution in [-0.2, 0) is 27.7 Å². The third-order valence-electron chi connectivity index (χ3n) is 5.36. The SMILES string of the molecule is COc1ccc(N(CC(=O)N[C@@H](C)c2ccc3c(c2)CCCC3)S(C)(=O)=O)cc1Cl. The minimum atomic E-state index is -3.69. The fraction of sp³-hybridized carbons (Fsp3) is 0.409. The Labute approximate surface area is 183 Å². The van der Waals surface area contributed by atoms with Crippen LogP contribution < -0.4 is 14.4 Å². The number of carbonyl (C=O) groups is 1. The summed E-state index contributed by atoms with van der Waals surface area (Å²) in [6, 6.07) is 10.7. The molecule has 0 aliphatic heterocycles. The minimum absolute atomic E-state index is 0.231. The van der Waals surface area contributed by atoms with E-state index in [1.54, 1.807) is 12.1 Å². The Balaban J connectivity index is 1.74. The molecule has 1 amide bonds. The van der Waals surface area contributed by atoms with Crippen LogP contribution in [0.2, 0.25) is 5.02 Å². The first-order valence-corrected chi connectivity index (χ1v) is 12.1. The van der Waals surface area contributed by atoms with Crippen molar-refractivity contribution >= 4 is 33.2 Å². The molecule has 0 saturated carbocycles. The van der Waals surface area contributed by atoms with Gasteiger partial charge in [0.05, 0.1) is 30.1 Å². The summed E-state index contributed by atoms with van der Waals surface area (Å²) in [5, 5.41) is 3.18. The zero-order valence-electron chi connectivity index (χ0n) is 17.4. The van der Waals surface area contributed by atoms with Crippen molar-refractivity contribution < 1.29 is 17.9 Å². The molecule has 1 aliphatic rings. The molecule has 6 nitrogen and oxygen atoms in total. The number of nitrogens with one attached hydrogen (secondary N) is 1. The normalized spacial score (nSPS) is 14.5. The first-order chi connectivity index (χ1) is 14.2. The number of hydrogen-bond acceptors (Lipinski definition) is 4. The van der Waals surface area contributed by atoms with E-state index in [-0.39, 0.29) is 17.6 Å². The number of carbonyl (C=O) groups excluding carboxylic acids is 1. The highest BCUT2D eigenvalue weighted by atomic mass is 35.5. The van der Waals surface area contributed by atoms with Crippen molar-refractivity contribution in [3.8, 4) is 5.75 Å². The summed E-state index contributed by atoms with van der Waals surface area (Å²) in [6.45, 7) is 1.56. The van der Waals surface area contributed by atoms with Crippen LogP contribution in [0.3, 0.4) is 0 Å². The van der Waals surface area contributed by atoms with Crippen LogP contribution in [0.1, 0.15) is 42.5 Å². The molecule has 2 aromatic carbocycles. The number of ether oxygens (including phenoxy) is 1. The zero-order valence-corrected chi connectivity index (χ0v) is 19.0. The highest BCUT2D eigenvalue weighted by Crippen LogP contribution is 2.30. The Morgan fingerprint density at radius 2 is 1.87 bits per heavy atom. The highest BCUT2D eigenvalue weighted by molar-refractivity contribution is 7.92. The van der Waals surface area contributed by atoms with Crippen molar-refractivity contribution in [3.05, 3.63) is 58.1 Å². The number of halogens is 1. The lowest BCUT2D eigenvalue weighted by molar-refractivity contribution is -0.120. The molecule has 0 aromatic heterocycles. The number of hydrogen-bond donors (Lipinski definition) is 1. The Hall–Kier alpha value is -2.25. The van der Waals surface area contributed by atoms with Gasteiger partial charge >= 0.3 is 0 Å². The van der Waals surface area contributed by atoms with Crippen molar-refractivity contribution in [3.63, 3.8) is 0 Å². The van der Waals surface area contributed by atoms with Gasteiger partial charge in [-0.15, -0.1) is 0 Å². The number of sulfonamides is 1. The molecule has 0 fully saturated rings. The van der Waals surface area contributed by atoms with Gasteiger partial charge in [-0.2, -0.15) is 0 Å². The van der Waals surface area contributed by atoms with E-state index in [4.69, 9.17) is 16.3 Å². The van der Waals surface area contributed by atoms with Gasteiger partial charge in [-0.1, -0.05) is 29.8 Å². The topological polar surface area (TPSA) is 75.7 Å². The predicted octanol–water partition coefficient (Wildman–Crippen LogP) is 3.87. The summed E-state index contributed by atoms with van der Waals surface area (Å²) in [4.78, 5) is 12.7. The van der Waals surface area contributed by atoms with Gasteiger partial charge in [-0.05, 0) is 67.5 Å². The molecule has 3 rings (SSSR count). The van der Waals surface area contributed by atoms with Crippen LogP contribution in [-0.4, -0.2) is 34.2 Å². The maximum absolute atomic E-state index is 12.7. The fourth-order valence-electron chi connectivity index (χ4n) is 3.73. The second-order valence-corrected chi connectivity index (χ2v) is 9.93. The Bertz CT molecular complexity index is 1040. The van der Waals surface area contributed by atoms with Gasteiger partial charge in [-0.25, -0.2) is 8.42 Å². The molecular formula is C22H27ClN2O4S. The van der Waals surface area contributed by atoms with Crippen LogP contribution in [0.25, 0.3) is 0 Å². The largest absolute Gasteiger partial charge is 0.495 e. The van der Waals surface area contributed by atoms with Crippen molar-refractivity contribution in [2.45, 2.75) is 38.6 Å². The number of benzene rings is 2. The highest BCUT2D eigenvalue weighted by Gasteiger charge is 2.23. The van der Waals surface area contributed by atoms with E-state index in [0.717, 1.165) is 29.0 Å². The Morgan fingerprint density at radius 3 is 2.50 bits per heavy atom. The standard InChI is InChI=1S/C22H27ClN2O4S/c1-15(17-9-8-16-6-4-5-7-18(16)12-17)24-22(26)14-25(30(3,27)28)19-10-11-21(29-2)20(23)13-19/h8-13,15H,4-7,14H2,1-3H3,(H,24,26)/t15-/m0/s1. The van der Waals surface area contributed by atoms with Gasteiger partial charge in [0, 0.05) is 0 Å². The van der Waals surface area contributed by atoms with Crippen molar-refractivity contribution in [1.29, 1.82) is 0 Å². The second kappa shape index (κ2) is 9.27. The summed E-state index contributed by atoms with van der Waals surface area (Å²) in [5.41, 5.74) is 4.04. The number of nitrogens with zero attached hydrogens (tertiary/aromatic N) is 1. The third kappa shape index (κ3) is 5.26. The third-order valence-corrected chi connectivity index (χ3v) is 6.80. The Kier molecular flexibility index (Phi) is 6.93. The molecular weight excluding hydrogens is 424 g/mol. The predicted molar refractivity (Wildman–Crippen MR) is 120 cm³/mol. The van der Waals surface area contributed by atoms with Gasteiger partial charge in [0.25, 0.3) is 0 Å². The molecule has 162 valence electrons. The van der Waals surface area contributed by atoms with Crippen molar-refractivity contribution in [1.82, 2.24) is 5.32 Å². The lowest BCUT2D eigenvalue weighted by Gasteiger charge is -2.24. The van der Waals surface area contributed by atoms with Gasteiger partial charge in [0.1, 0.15) is 12.3 Å². The van der Waals surface area contributed by atoms with Crippen LogP contribution in [0.5, 0.6) is 5.75 Å². The van der Waals surface area contributed by atoms with E-state index in [0.29, 0.717) is 11.4 Å². The monoisotopic (exact) mass is 450 g/mol. The number of anilines is 1. The summed E-state index contributed by atoms with van der Waals surface area (Å²) < 4.78 is 30.8. The summed E-state index contributed by atoms with van der Waals surface area (Å²) in [6.07, 6.45) is 5.62. The lowest BCUT2D eigenvalue weighted by Crippen LogP contribution is -2.41. The molecule has 30 heavy (non-hydrogen) atoms. The number of methoxy groups -OCH3 is 1. The number of rotatable bonds is 7. The molecule has 1 aliphatic carbocycles. The van der Waals surface area contributed by atoms with Crippen molar-refractivity contribution in [2.24, 2.45) is 0 Å². The van der Waals surface area contributed by atoms with E-state index in [9.17, 15) is 13.2 Å². The van der Waals surface area contributed by atoms with Gasteiger partial charge in [0.2, 0.25) is 15.9 Å². The summed E-state index contributed by atoms with van der Waals surface area (Å²) in [5.74, 6) is 0.0388. The smallest absolute Gasteiger partial charge is 0.241 e. The minimum Gasteiger partial charge on any atom is -0.495 e. The van der Waals surface area contributed by atoms with Crippen LogP contribution in [0.15, 0.2) is 36.4 Å². The molecule has 0 heterocycles. The first-order valence-electron chi connectivity index (χ1n) is 9.91. The van der Waals surface area contributed by atoms with E-state index in [2.05, 4.69) is 17.4 Å². The van der Waals surface area contributed by atoms with Gasteiger partial charge < -0.3 is 10.1 Å². The van der Waals surface area contributed by atoms with Crippen LogP contribution in [0.4, 0.5) is 5.69 Å². The number of fused-ring (bicyclic) bond motifs is 1. The first kappa shape index (κ1) is 22.4. The molecule has 0 radical (unpaired) electrons. The molecule has 0 unspecified atom stereocenters. The maximum Gasteiger partial charge on any atom is 0.241 e. The zero-order chi connectivity index (χ0) is 21.9. The molecule has 1 N–H and O–H groups in total. The van der Waals surface area contributed by atoms with Crippen LogP contribution in [0, 0.1) is 0 Å². The van der Waals surface area contributed by atoms with E-state index in [1.807, 2.05) is 13.0 Å². The quantitative estimate of drug-likeness (QED) is 0.694. The maximum atomic E-state index is 12.7. The molecule has 0 saturated heterocycles. The average Bonchev–Trinajstić information content (AvgIpc) is 2.70. The molecule has 1 atom stereocenters. The Morgan fingerprint density at radius 1 is 1.17 bits per heavy atom. The number of aryl methyl sites for hydroxylation is 2. The van der Waals surface area contributed by atoms with E-state index >= 15 is 0 Å². The molecule has 2 aromatic rings. The summed E-state index contributed by atoms with van der Waals surface area (Å²) >= 11 is 6.14. The van der Waals surface area contributed by atoms with Gasteiger partial charge in [0.15, 0.2) is 0 Å². The average molecular weight is 451 g/mol. The molecule has 0 bridgehead atoms.